The zero-order valence-electron chi connectivity index (χ0n) is 19.4. The van der Waals surface area contributed by atoms with Gasteiger partial charge in [0.1, 0.15) is 24.1 Å². The van der Waals surface area contributed by atoms with E-state index in [0.717, 1.165) is 5.56 Å². The first kappa shape index (κ1) is 24.7. The van der Waals surface area contributed by atoms with Crippen molar-refractivity contribution in [3.63, 3.8) is 0 Å². The Kier molecular flexibility index (Phi) is 7.09. The number of rotatable bonds is 8. The highest BCUT2D eigenvalue weighted by molar-refractivity contribution is 7.92. The molecule has 0 bridgehead atoms. The number of aryl methyl sites for hydroxylation is 1. The Bertz CT molecular complexity index is 1320. The Labute approximate surface area is 194 Å². The van der Waals surface area contributed by atoms with Gasteiger partial charge in [-0.25, -0.2) is 18.4 Å². The molecule has 2 N–H and O–H groups in total. The van der Waals surface area contributed by atoms with Crippen LogP contribution in [0, 0.1) is 6.92 Å². The number of nitrogens with one attached hydrogen (secondary N) is 2. The highest BCUT2D eigenvalue weighted by atomic mass is 32.2. The second kappa shape index (κ2) is 9.49. The van der Waals surface area contributed by atoms with Gasteiger partial charge in [0.25, 0.3) is 0 Å². The molecule has 0 saturated heterocycles. The fraction of sp³-hybridized carbons (Fsp3) is 0.318. The number of ether oxygens (including phenoxy) is 1. The van der Waals surface area contributed by atoms with E-state index in [0.29, 0.717) is 22.6 Å². The highest BCUT2D eigenvalue weighted by Crippen LogP contribution is 2.36. The van der Waals surface area contributed by atoms with Crippen molar-refractivity contribution in [3.05, 3.63) is 48.2 Å². The lowest BCUT2D eigenvalue weighted by Crippen LogP contribution is -2.16. The van der Waals surface area contributed by atoms with E-state index in [1.54, 1.807) is 69.8 Å². The van der Waals surface area contributed by atoms with Crippen LogP contribution in [0.1, 0.15) is 19.4 Å². The molecule has 0 radical (unpaired) electrons. The molecule has 0 unspecified atom stereocenters. The van der Waals surface area contributed by atoms with Crippen molar-refractivity contribution in [1.82, 2.24) is 15.0 Å². The summed E-state index contributed by atoms with van der Waals surface area (Å²) in [5, 5.41) is 5.63. The van der Waals surface area contributed by atoms with Gasteiger partial charge in [0, 0.05) is 11.8 Å². The summed E-state index contributed by atoms with van der Waals surface area (Å²) in [6, 6.07) is 10.1. The van der Waals surface area contributed by atoms with E-state index in [1.807, 2.05) is 6.92 Å². The molecule has 0 aliphatic carbocycles. The quantitative estimate of drug-likeness (QED) is 0.450. The molecule has 0 aliphatic heterocycles. The Morgan fingerprint density at radius 3 is 2.33 bits per heavy atom. The van der Waals surface area contributed by atoms with E-state index in [-0.39, 0.29) is 16.7 Å². The first-order valence-electron chi connectivity index (χ1n) is 10.2. The predicted molar refractivity (Wildman–Crippen MR) is 132 cm³/mol. The third kappa shape index (κ3) is 5.51. The maximum Gasteiger partial charge on any atom is 0.238 e. The van der Waals surface area contributed by atoms with Crippen molar-refractivity contribution < 1.29 is 17.7 Å². The van der Waals surface area contributed by atoms with Crippen molar-refractivity contribution in [3.8, 4) is 5.88 Å². The van der Waals surface area contributed by atoms with E-state index in [2.05, 4.69) is 25.6 Å². The van der Waals surface area contributed by atoms with Gasteiger partial charge in [0.15, 0.2) is 9.84 Å². The van der Waals surface area contributed by atoms with Crippen LogP contribution in [0.4, 0.5) is 23.1 Å². The lowest BCUT2D eigenvalue weighted by atomic mass is 10.3. The van der Waals surface area contributed by atoms with Gasteiger partial charge in [-0.1, -0.05) is 12.1 Å². The minimum atomic E-state index is -3.49. The van der Waals surface area contributed by atoms with Gasteiger partial charge in [-0.05, 0) is 58.4 Å². The number of aromatic nitrogens is 3. The fourth-order valence-corrected chi connectivity index (χ4v) is 4.90. The molecule has 0 fully saturated rings. The summed E-state index contributed by atoms with van der Waals surface area (Å²) in [6.07, 6.45) is 1.62. The maximum atomic E-state index is 12.8. The summed E-state index contributed by atoms with van der Waals surface area (Å²) >= 11 is 0. The van der Waals surface area contributed by atoms with E-state index in [9.17, 15) is 13.0 Å². The first-order chi connectivity index (χ1) is 15.4. The Morgan fingerprint density at radius 1 is 1.00 bits per heavy atom. The second-order valence-corrected chi connectivity index (χ2v) is 13.8. The Morgan fingerprint density at radius 2 is 1.70 bits per heavy atom. The topological polar surface area (TPSA) is 123 Å². The molecule has 0 amide bonds. The van der Waals surface area contributed by atoms with Gasteiger partial charge in [-0.15, -0.1) is 0 Å². The van der Waals surface area contributed by atoms with Crippen LogP contribution in [-0.4, -0.2) is 49.1 Å². The van der Waals surface area contributed by atoms with Crippen LogP contribution in [0.3, 0.4) is 0 Å². The number of pyridine rings is 1. The summed E-state index contributed by atoms with van der Waals surface area (Å²) in [5.74, 6) is 0.980. The van der Waals surface area contributed by atoms with Crippen molar-refractivity contribution >= 4 is 45.6 Å². The fourth-order valence-electron chi connectivity index (χ4n) is 2.93. The van der Waals surface area contributed by atoms with Crippen LogP contribution in [0.15, 0.2) is 47.5 Å². The maximum absolute atomic E-state index is 12.8. The SMILES string of the molecule is COc1nc(P(C)(C)=O)ccc1Nc1ncc(C)c(Nc2ccccc2S(=O)(=O)C(C)C)n1. The molecular formula is C22H28N5O4PS. The highest BCUT2D eigenvalue weighted by Gasteiger charge is 2.23. The smallest absolute Gasteiger partial charge is 0.238 e. The van der Waals surface area contributed by atoms with Crippen LogP contribution in [0.2, 0.25) is 0 Å². The number of hydrogen-bond acceptors (Lipinski definition) is 9. The molecule has 2 heterocycles. The van der Waals surface area contributed by atoms with Crippen molar-refractivity contribution in [1.29, 1.82) is 0 Å². The van der Waals surface area contributed by atoms with E-state index in [4.69, 9.17) is 4.74 Å². The number of benzene rings is 1. The molecule has 176 valence electrons. The number of methoxy groups -OCH3 is 1. The van der Waals surface area contributed by atoms with Crippen LogP contribution >= 0.6 is 7.14 Å². The van der Waals surface area contributed by atoms with Crippen LogP contribution < -0.4 is 20.8 Å². The number of hydrogen-bond donors (Lipinski definition) is 2. The van der Waals surface area contributed by atoms with Gasteiger partial charge in [0.05, 0.1) is 22.9 Å². The molecule has 0 spiro atoms. The Hall–Kier alpha value is -2.97. The molecule has 0 aliphatic rings. The summed E-state index contributed by atoms with van der Waals surface area (Å²) in [6.45, 7) is 8.39. The minimum absolute atomic E-state index is 0.206. The first-order valence-corrected chi connectivity index (χ1v) is 14.4. The standard InChI is InChI=1S/C22H28N5O4PS/c1-14(2)33(29,30)18-10-8-7-9-16(18)24-20-15(3)13-23-22(27-20)25-17-11-12-19(32(5,6)28)26-21(17)31-4/h7-14H,1-6H3,(H2,23,24,25,27). The zero-order chi connectivity index (χ0) is 24.4. The third-order valence-corrected chi connectivity index (χ3v) is 8.44. The largest absolute Gasteiger partial charge is 0.479 e. The van der Waals surface area contributed by atoms with Crippen LogP contribution in [0.5, 0.6) is 5.88 Å². The Balaban J connectivity index is 1.95. The van der Waals surface area contributed by atoms with Crippen molar-refractivity contribution in [2.45, 2.75) is 30.9 Å². The van der Waals surface area contributed by atoms with Crippen LogP contribution in [0.25, 0.3) is 0 Å². The lowest BCUT2D eigenvalue weighted by Gasteiger charge is -2.16. The lowest BCUT2D eigenvalue weighted by molar-refractivity contribution is 0.401. The number of nitrogens with zero attached hydrogens (tertiary/aromatic N) is 3. The van der Waals surface area contributed by atoms with E-state index < -0.39 is 22.2 Å². The van der Waals surface area contributed by atoms with Crippen LogP contribution in [-0.2, 0) is 14.4 Å². The molecule has 0 saturated carbocycles. The summed E-state index contributed by atoms with van der Waals surface area (Å²) in [7, 11) is -4.57. The van der Waals surface area contributed by atoms with E-state index in [1.165, 1.54) is 7.11 Å². The molecule has 1 aromatic carbocycles. The molecule has 3 aromatic rings. The average molecular weight is 490 g/mol. The van der Waals surface area contributed by atoms with Crippen molar-refractivity contribution in [2.75, 3.05) is 31.1 Å². The van der Waals surface area contributed by atoms with Gasteiger partial charge >= 0.3 is 0 Å². The normalized spacial score (nSPS) is 12.0. The molecule has 11 heteroatoms. The number of anilines is 4. The van der Waals surface area contributed by atoms with Crippen molar-refractivity contribution in [2.24, 2.45) is 0 Å². The minimum Gasteiger partial charge on any atom is -0.479 e. The predicted octanol–water partition coefficient (Wildman–Crippen LogP) is 4.11. The number of sulfone groups is 1. The summed E-state index contributed by atoms with van der Waals surface area (Å²) in [4.78, 5) is 13.4. The molecular weight excluding hydrogens is 461 g/mol. The molecule has 9 nitrogen and oxygen atoms in total. The monoisotopic (exact) mass is 489 g/mol. The molecule has 33 heavy (non-hydrogen) atoms. The third-order valence-electron chi connectivity index (χ3n) is 4.88. The number of para-hydroxylation sites is 1. The zero-order valence-corrected chi connectivity index (χ0v) is 21.2. The molecule has 0 atom stereocenters. The van der Waals surface area contributed by atoms with Gasteiger partial charge in [-0.2, -0.15) is 4.98 Å². The molecule has 3 rings (SSSR count). The second-order valence-electron chi connectivity index (χ2n) is 8.14. The van der Waals surface area contributed by atoms with Gasteiger partial charge in [-0.3, -0.25) is 0 Å². The van der Waals surface area contributed by atoms with Gasteiger partial charge in [0.2, 0.25) is 11.8 Å². The molecule has 2 aromatic heterocycles. The van der Waals surface area contributed by atoms with E-state index >= 15 is 0 Å². The summed E-state index contributed by atoms with van der Waals surface area (Å²) in [5.41, 5.74) is 2.13. The summed E-state index contributed by atoms with van der Waals surface area (Å²) < 4.78 is 43.2. The average Bonchev–Trinajstić information content (AvgIpc) is 2.75. The van der Waals surface area contributed by atoms with Gasteiger partial charge < -0.3 is 19.9 Å².